The fourth-order valence-electron chi connectivity index (χ4n) is 4.89. The van der Waals surface area contributed by atoms with Gasteiger partial charge < -0.3 is 25.6 Å². The molecule has 0 unspecified atom stereocenters. The molecule has 2 amide bonds. The highest BCUT2D eigenvalue weighted by Crippen LogP contribution is 2.35. The smallest absolute Gasteiger partial charge is 0.313 e. The Bertz CT molecular complexity index is 1040. The number of carbonyl (C=O) groups is 2. The van der Waals surface area contributed by atoms with Crippen LogP contribution in [-0.2, 0) is 16.0 Å². The van der Waals surface area contributed by atoms with Gasteiger partial charge in [0.2, 0.25) is 0 Å². The molecule has 0 saturated carbocycles. The number of nitrogens with zero attached hydrogens (tertiary/aromatic N) is 3. The Kier molecular flexibility index (Phi) is 7.36. The zero-order valence-corrected chi connectivity index (χ0v) is 20.3. The van der Waals surface area contributed by atoms with Crippen LogP contribution < -0.4 is 15.8 Å². The minimum Gasteiger partial charge on any atom is -0.489 e. The van der Waals surface area contributed by atoms with Gasteiger partial charge in [0.1, 0.15) is 17.7 Å². The number of hydrogen-bond acceptors (Lipinski definition) is 6. The Morgan fingerprint density at radius 2 is 2.03 bits per heavy atom. The van der Waals surface area contributed by atoms with Gasteiger partial charge in [-0.2, -0.15) is 0 Å². The predicted molar refractivity (Wildman–Crippen MR) is 132 cm³/mol. The first-order valence-electron chi connectivity index (χ1n) is 12.2. The van der Waals surface area contributed by atoms with Crippen molar-refractivity contribution in [3.8, 4) is 5.75 Å². The highest BCUT2D eigenvalue weighted by Gasteiger charge is 2.34. The lowest BCUT2D eigenvalue weighted by molar-refractivity contribution is -0.146. The summed E-state index contributed by atoms with van der Waals surface area (Å²) in [5.41, 5.74) is 8.17. The number of ether oxygens (including phenoxy) is 1. The molecule has 0 radical (unpaired) electrons. The van der Waals surface area contributed by atoms with Crippen molar-refractivity contribution in [1.29, 1.82) is 0 Å². The SMILES string of the molecule is CCc1cc(NC(=O)C(=O)N2C[C@@H](C)CC[C@@H]2c2cccc(O[C@H]3CCN(C)C3)c2)cnc1N. The average Bonchev–Trinajstić information content (AvgIpc) is 3.24. The minimum atomic E-state index is -0.658. The molecule has 2 aromatic rings. The maximum absolute atomic E-state index is 13.3. The van der Waals surface area contributed by atoms with Crippen molar-refractivity contribution in [1.82, 2.24) is 14.8 Å². The number of benzene rings is 1. The van der Waals surface area contributed by atoms with Gasteiger partial charge in [-0.15, -0.1) is 0 Å². The minimum absolute atomic E-state index is 0.167. The summed E-state index contributed by atoms with van der Waals surface area (Å²) < 4.78 is 6.21. The van der Waals surface area contributed by atoms with E-state index in [0.717, 1.165) is 49.2 Å². The molecule has 3 atom stereocenters. The molecule has 8 nitrogen and oxygen atoms in total. The molecule has 0 spiro atoms. The van der Waals surface area contributed by atoms with Gasteiger partial charge in [0.25, 0.3) is 0 Å². The van der Waals surface area contributed by atoms with Crippen molar-refractivity contribution in [2.24, 2.45) is 5.92 Å². The van der Waals surface area contributed by atoms with Gasteiger partial charge in [-0.25, -0.2) is 4.98 Å². The molecular weight excluding hydrogens is 430 g/mol. The number of amides is 2. The standard InChI is InChI=1S/C26H35N5O3/c1-4-18-12-20(14-28-24(18)27)29-25(32)26(33)31-15-17(2)8-9-23(31)19-6-5-7-21(13-19)34-22-10-11-30(3)16-22/h5-7,12-14,17,22-23H,4,8-11,15-16H2,1-3H3,(H2,27,28)(H,29,32)/t17-,22-,23+/m0/s1. The molecule has 4 rings (SSSR count). The molecule has 2 aliphatic heterocycles. The number of likely N-dealkylation sites (N-methyl/N-ethyl adjacent to an activating group) is 1. The van der Waals surface area contributed by atoms with Crippen molar-refractivity contribution >= 4 is 23.3 Å². The lowest BCUT2D eigenvalue weighted by atomic mass is 9.89. The summed E-state index contributed by atoms with van der Waals surface area (Å²) >= 11 is 0. The number of aryl methyl sites for hydroxylation is 1. The van der Waals surface area contributed by atoms with Crippen molar-refractivity contribution in [3.63, 3.8) is 0 Å². The maximum Gasteiger partial charge on any atom is 0.313 e. The molecule has 0 aliphatic carbocycles. The third-order valence-electron chi connectivity index (χ3n) is 6.81. The predicted octanol–water partition coefficient (Wildman–Crippen LogP) is 3.25. The van der Waals surface area contributed by atoms with E-state index >= 15 is 0 Å². The summed E-state index contributed by atoms with van der Waals surface area (Å²) in [6.45, 7) is 6.56. The highest BCUT2D eigenvalue weighted by molar-refractivity contribution is 6.39. The summed E-state index contributed by atoms with van der Waals surface area (Å²) in [4.78, 5) is 34.3. The number of carbonyl (C=O) groups excluding carboxylic acids is 2. The lowest BCUT2D eigenvalue weighted by Crippen LogP contribution is -2.46. The van der Waals surface area contributed by atoms with Gasteiger partial charge in [0.05, 0.1) is 17.9 Å². The second-order valence-electron chi connectivity index (χ2n) is 9.60. The molecule has 34 heavy (non-hydrogen) atoms. The molecule has 2 saturated heterocycles. The van der Waals surface area contributed by atoms with Crippen molar-refractivity contribution < 1.29 is 14.3 Å². The van der Waals surface area contributed by atoms with Gasteiger partial charge in [0, 0.05) is 19.6 Å². The lowest BCUT2D eigenvalue weighted by Gasteiger charge is -2.38. The number of rotatable bonds is 5. The summed E-state index contributed by atoms with van der Waals surface area (Å²) in [6, 6.07) is 9.57. The highest BCUT2D eigenvalue weighted by atomic mass is 16.5. The topological polar surface area (TPSA) is 101 Å². The summed E-state index contributed by atoms with van der Waals surface area (Å²) in [6.07, 6.45) is 5.16. The van der Waals surface area contributed by atoms with Crippen LogP contribution in [0.25, 0.3) is 0 Å². The van der Waals surface area contributed by atoms with Gasteiger partial charge in [0.15, 0.2) is 0 Å². The van der Waals surface area contributed by atoms with Gasteiger partial charge in [-0.3, -0.25) is 9.59 Å². The van der Waals surface area contributed by atoms with E-state index in [1.54, 1.807) is 11.0 Å². The molecule has 1 aromatic carbocycles. The van der Waals surface area contributed by atoms with Crippen molar-refractivity contribution in [2.75, 3.05) is 37.7 Å². The normalized spacial score (nSPS) is 23.0. The van der Waals surface area contributed by atoms with Crippen LogP contribution in [0.5, 0.6) is 5.75 Å². The average molecular weight is 466 g/mol. The number of likely N-dealkylation sites (tertiary alicyclic amines) is 2. The van der Waals surface area contributed by atoms with Gasteiger partial charge in [-0.1, -0.05) is 26.0 Å². The number of hydrogen-bond donors (Lipinski definition) is 2. The molecule has 0 bridgehead atoms. The first-order valence-corrected chi connectivity index (χ1v) is 12.2. The van der Waals surface area contributed by atoms with Crippen molar-refractivity contribution in [3.05, 3.63) is 47.7 Å². The quantitative estimate of drug-likeness (QED) is 0.658. The Hall–Kier alpha value is -3.13. The zero-order chi connectivity index (χ0) is 24.2. The van der Waals surface area contributed by atoms with E-state index in [9.17, 15) is 9.59 Å². The number of nitrogen functional groups attached to an aromatic ring is 1. The van der Waals surface area contributed by atoms with Crippen LogP contribution in [0.1, 0.15) is 50.3 Å². The van der Waals surface area contributed by atoms with E-state index in [1.807, 2.05) is 31.2 Å². The third-order valence-corrected chi connectivity index (χ3v) is 6.81. The van der Waals surface area contributed by atoms with E-state index in [4.69, 9.17) is 10.5 Å². The first kappa shape index (κ1) is 24.0. The second kappa shape index (κ2) is 10.4. The Labute approximate surface area is 201 Å². The van der Waals surface area contributed by atoms with Crippen LogP contribution in [0, 0.1) is 5.92 Å². The molecule has 3 heterocycles. The summed E-state index contributed by atoms with van der Waals surface area (Å²) in [5, 5.41) is 2.71. The van der Waals surface area contributed by atoms with Gasteiger partial charge in [-0.05, 0) is 68.0 Å². The van der Waals surface area contributed by atoms with E-state index < -0.39 is 11.8 Å². The van der Waals surface area contributed by atoms with E-state index in [2.05, 4.69) is 29.2 Å². The van der Waals surface area contributed by atoms with Crippen LogP contribution in [0.4, 0.5) is 11.5 Å². The first-order chi connectivity index (χ1) is 16.3. The number of aromatic nitrogens is 1. The van der Waals surface area contributed by atoms with Crippen LogP contribution in [-0.4, -0.2) is 59.4 Å². The monoisotopic (exact) mass is 465 g/mol. The Morgan fingerprint density at radius 3 is 2.76 bits per heavy atom. The molecule has 2 fully saturated rings. The molecule has 1 aromatic heterocycles. The van der Waals surface area contributed by atoms with E-state index in [-0.39, 0.29) is 12.1 Å². The summed E-state index contributed by atoms with van der Waals surface area (Å²) in [7, 11) is 2.10. The number of anilines is 2. The van der Waals surface area contributed by atoms with Crippen LogP contribution >= 0.6 is 0 Å². The Balaban J connectivity index is 1.50. The van der Waals surface area contributed by atoms with E-state index in [1.165, 1.54) is 6.20 Å². The molecule has 3 N–H and O–H groups in total. The molecule has 2 aliphatic rings. The number of piperidine rings is 1. The Morgan fingerprint density at radius 1 is 1.21 bits per heavy atom. The fraction of sp³-hybridized carbons (Fsp3) is 0.500. The zero-order valence-electron chi connectivity index (χ0n) is 20.3. The van der Waals surface area contributed by atoms with Crippen LogP contribution in [0.2, 0.25) is 0 Å². The third kappa shape index (κ3) is 5.50. The second-order valence-corrected chi connectivity index (χ2v) is 9.60. The summed E-state index contributed by atoms with van der Waals surface area (Å²) in [5.74, 6) is 0.382. The number of nitrogens with one attached hydrogen (secondary N) is 1. The van der Waals surface area contributed by atoms with Crippen LogP contribution in [0.3, 0.4) is 0 Å². The van der Waals surface area contributed by atoms with Gasteiger partial charge >= 0.3 is 11.8 Å². The van der Waals surface area contributed by atoms with Crippen LogP contribution in [0.15, 0.2) is 36.5 Å². The largest absolute Gasteiger partial charge is 0.489 e. The fourth-order valence-corrected chi connectivity index (χ4v) is 4.89. The molecule has 182 valence electrons. The van der Waals surface area contributed by atoms with E-state index in [0.29, 0.717) is 30.4 Å². The molecular formula is C26H35N5O3. The molecule has 8 heteroatoms. The number of pyridine rings is 1. The number of nitrogens with two attached hydrogens (primary N) is 1. The maximum atomic E-state index is 13.3. The van der Waals surface area contributed by atoms with Crippen molar-refractivity contribution in [2.45, 2.75) is 51.7 Å².